The van der Waals surface area contributed by atoms with Crippen molar-refractivity contribution in [3.8, 4) is 0 Å². The summed E-state index contributed by atoms with van der Waals surface area (Å²) >= 11 is 0. The minimum absolute atomic E-state index is 0.458. The average molecular weight is 245 g/mol. The molecule has 2 saturated heterocycles. The van der Waals surface area contributed by atoms with Crippen LogP contribution in [0.5, 0.6) is 0 Å². The first-order valence-electron chi connectivity index (χ1n) is 7.22. The Labute approximate surface area is 110 Å². The Balaban J connectivity index is 1.74. The van der Waals surface area contributed by atoms with Gasteiger partial charge in [-0.05, 0) is 36.9 Å². The van der Waals surface area contributed by atoms with Crippen LogP contribution in [0.1, 0.15) is 30.9 Å². The minimum Gasteiger partial charge on any atom is -0.389 e. The topological polar surface area (TPSA) is 23.5 Å². The number of hydrogen-bond acceptors (Lipinski definition) is 2. The predicted molar refractivity (Wildman–Crippen MR) is 73.6 cm³/mol. The summed E-state index contributed by atoms with van der Waals surface area (Å²) in [5.74, 6) is 0.483. The molecule has 1 aromatic carbocycles. The highest BCUT2D eigenvalue weighted by molar-refractivity contribution is 5.24. The maximum atomic E-state index is 10.9. The van der Waals surface area contributed by atoms with E-state index in [-0.39, 0.29) is 0 Å². The van der Waals surface area contributed by atoms with Crippen molar-refractivity contribution in [1.82, 2.24) is 4.90 Å². The molecule has 2 heteroatoms. The molecule has 2 heterocycles. The number of aryl methyl sites for hydroxylation is 1. The number of nitrogens with zero attached hydrogens (tertiary/aromatic N) is 1. The van der Waals surface area contributed by atoms with E-state index in [9.17, 15) is 5.11 Å². The molecule has 0 aromatic heterocycles. The fraction of sp³-hybridized carbons (Fsp3) is 0.625. The second-order valence-corrected chi connectivity index (χ2v) is 5.99. The Morgan fingerprint density at radius 3 is 2.67 bits per heavy atom. The first kappa shape index (κ1) is 12.2. The van der Waals surface area contributed by atoms with E-state index in [0.29, 0.717) is 5.92 Å². The maximum absolute atomic E-state index is 10.9. The number of fused-ring (bicyclic) bond motifs is 2. The van der Waals surface area contributed by atoms with Crippen LogP contribution in [0.25, 0.3) is 0 Å². The highest BCUT2D eigenvalue weighted by Gasteiger charge is 2.44. The molecule has 0 aliphatic carbocycles. The van der Waals surface area contributed by atoms with Crippen LogP contribution in [0, 0.1) is 5.92 Å². The first-order chi connectivity index (χ1) is 8.69. The Morgan fingerprint density at radius 1 is 1.22 bits per heavy atom. The molecule has 98 valence electrons. The molecule has 0 amide bonds. The van der Waals surface area contributed by atoms with E-state index in [2.05, 4.69) is 36.1 Å². The van der Waals surface area contributed by atoms with Gasteiger partial charge in [-0.15, -0.1) is 0 Å². The van der Waals surface area contributed by atoms with Crippen LogP contribution in [-0.4, -0.2) is 35.2 Å². The van der Waals surface area contributed by atoms with Gasteiger partial charge in [0.2, 0.25) is 0 Å². The Morgan fingerprint density at radius 2 is 1.94 bits per heavy atom. The summed E-state index contributed by atoms with van der Waals surface area (Å²) in [7, 11) is 0. The molecule has 1 N–H and O–H groups in total. The molecule has 1 aromatic rings. The number of piperidine rings is 1. The number of aliphatic hydroxyl groups is 1. The van der Waals surface area contributed by atoms with Gasteiger partial charge in [-0.3, -0.25) is 0 Å². The van der Waals surface area contributed by atoms with Gasteiger partial charge in [-0.1, -0.05) is 31.2 Å². The lowest BCUT2D eigenvalue weighted by Gasteiger charge is -2.39. The van der Waals surface area contributed by atoms with E-state index in [0.717, 1.165) is 32.4 Å². The highest BCUT2D eigenvalue weighted by atomic mass is 16.3. The summed E-state index contributed by atoms with van der Waals surface area (Å²) in [6, 6.07) is 8.78. The zero-order valence-electron chi connectivity index (χ0n) is 11.2. The van der Waals surface area contributed by atoms with Crippen molar-refractivity contribution in [3.05, 3.63) is 35.4 Å². The van der Waals surface area contributed by atoms with E-state index in [4.69, 9.17) is 0 Å². The van der Waals surface area contributed by atoms with Crippen molar-refractivity contribution in [3.63, 3.8) is 0 Å². The smallest absolute Gasteiger partial charge is 0.0740 e. The number of hydrogen-bond donors (Lipinski definition) is 1. The van der Waals surface area contributed by atoms with Gasteiger partial charge in [0.1, 0.15) is 0 Å². The van der Waals surface area contributed by atoms with Crippen LogP contribution in [0.3, 0.4) is 0 Å². The summed E-state index contributed by atoms with van der Waals surface area (Å²) in [5, 5.41) is 10.9. The predicted octanol–water partition coefficient (Wildman–Crippen LogP) is 2.25. The van der Waals surface area contributed by atoms with E-state index >= 15 is 0 Å². The van der Waals surface area contributed by atoms with Crippen LogP contribution < -0.4 is 0 Å². The van der Waals surface area contributed by atoms with Crippen molar-refractivity contribution in [2.75, 3.05) is 19.6 Å². The average Bonchev–Trinajstić information content (AvgIpc) is 2.81. The summed E-state index contributed by atoms with van der Waals surface area (Å²) in [5.41, 5.74) is 2.21. The van der Waals surface area contributed by atoms with Gasteiger partial charge in [-0.25, -0.2) is 0 Å². The Kier molecular flexibility index (Phi) is 3.16. The van der Waals surface area contributed by atoms with Gasteiger partial charge < -0.3 is 10.0 Å². The monoisotopic (exact) mass is 245 g/mol. The molecular formula is C16H23NO. The van der Waals surface area contributed by atoms with Gasteiger partial charge in [-0.2, -0.15) is 0 Å². The third-order valence-electron chi connectivity index (χ3n) is 4.83. The highest BCUT2D eigenvalue weighted by Crippen LogP contribution is 2.37. The second-order valence-electron chi connectivity index (χ2n) is 5.99. The SMILES string of the molecule is CCc1ccc(CC2(O)CCN3CCC2C3)cc1. The van der Waals surface area contributed by atoms with Crippen LogP contribution in [0.15, 0.2) is 24.3 Å². The number of rotatable bonds is 3. The van der Waals surface area contributed by atoms with Gasteiger partial charge in [0.15, 0.2) is 0 Å². The fourth-order valence-corrected chi connectivity index (χ4v) is 3.51. The van der Waals surface area contributed by atoms with Gasteiger partial charge in [0.25, 0.3) is 0 Å². The molecule has 2 aliphatic heterocycles. The fourth-order valence-electron chi connectivity index (χ4n) is 3.51. The summed E-state index contributed by atoms with van der Waals surface area (Å²) < 4.78 is 0. The Bertz CT molecular complexity index is 414. The maximum Gasteiger partial charge on any atom is 0.0740 e. The van der Waals surface area contributed by atoms with Gasteiger partial charge in [0.05, 0.1) is 5.60 Å². The zero-order chi connectivity index (χ0) is 12.6. The molecule has 2 fully saturated rings. The lowest BCUT2D eigenvalue weighted by molar-refractivity contribution is -0.0438. The minimum atomic E-state index is -0.458. The van der Waals surface area contributed by atoms with Crippen LogP contribution >= 0.6 is 0 Å². The molecule has 0 saturated carbocycles. The summed E-state index contributed by atoms with van der Waals surface area (Å²) in [6.07, 6.45) is 4.02. The van der Waals surface area contributed by atoms with E-state index < -0.39 is 5.60 Å². The molecule has 18 heavy (non-hydrogen) atoms. The first-order valence-corrected chi connectivity index (χ1v) is 7.22. The normalized spacial score (nSPS) is 34.8. The molecule has 3 atom stereocenters. The van der Waals surface area contributed by atoms with Crippen molar-refractivity contribution in [1.29, 1.82) is 0 Å². The van der Waals surface area contributed by atoms with Crippen molar-refractivity contribution in [2.45, 2.75) is 38.2 Å². The van der Waals surface area contributed by atoms with Gasteiger partial charge in [0, 0.05) is 25.4 Å². The molecule has 3 unspecified atom stereocenters. The molecule has 0 spiro atoms. The van der Waals surface area contributed by atoms with Crippen LogP contribution in [-0.2, 0) is 12.8 Å². The zero-order valence-corrected chi connectivity index (χ0v) is 11.2. The molecule has 2 nitrogen and oxygen atoms in total. The number of benzene rings is 1. The molecule has 2 bridgehead atoms. The third-order valence-corrected chi connectivity index (χ3v) is 4.83. The van der Waals surface area contributed by atoms with E-state index in [1.807, 2.05) is 0 Å². The summed E-state index contributed by atoms with van der Waals surface area (Å²) in [6.45, 7) is 5.53. The molecule has 3 rings (SSSR count). The standard InChI is InChI=1S/C16H23NO/c1-2-13-3-5-14(6-4-13)11-16(18)8-10-17-9-7-15(16)12-17/h3-6,15,18H,2,7-12H2,1H3. The van der Waals surface area contributed by atoms with Crippen LogP contribution in [0.4, 0.5) is 0 Å². The van der Waals surface area contributed by atoms with E-state index in [1.54, 1.807) is 0 Å². The lowest BCUT2D eigenvalue weighted by Crippen LogP contribution is -2.47. The molecule has 0 radical (unpaired) electrons. The lowest BCUT2D eigenvalue weighted by atomic mass is 9.78. The van der Waals surface area contributed by atoms with Crippen LogP contribution in [0.2, 0.25) is 0 Å². The largest absolute Gasteiger partial charge is 0.389 e. The van der Waals surface area contributed by atoms with Gasteiger partial charge >= 0.3 is 0 Å². The van der Waals surface area contributed by atoms with Crippen molar-refractivity contribution < 1.29 is 5.11 Å². The summed E-state index contributed by atoms with van der Waals surface area (Å²) in [4.78, 5) is 2.49. The molecular weight excluding hydrogens is 222 g/mol. The quantitative estimate of drug-likeness (QED) is 0.883. The Hall–Kier alpha value is -0.860. The third kappa shape index (κ3) is 2.19. The van der Waals surface area contributed by atoms with Crippen molar-refractivity contribution >= 4 is 0 Å². The van der Waals surface area contributed by atoms with Crippen molar-refractivity contribution in [2.24, 2.45) is 5.92 Å². The van der Waals surface area contributed by atoms with E-state index in [1.165, 1.54) is 24.1 Å². The second kappa shape index (κ2) is 4.67. The molecule has 2 aliphatic rings.